The van der Waals surface area contributed by atoms with Crippen molar-refractivity contribution >= 4 is 27.1 Å². The molecule has 0 fully saturated rings. The number of nitrogens with zero attached hydrogens (tertiary/aromatic N) is 2. The van der Waals surface area contributed by atoms with E-state index in [0.29, 0.717) is 13.2 Å². The highest BCUT2D eigenvalue weighted by molar-refractivity contribution is 7.85. The zero-order chi connectivity index (χ0) is 21.4. The maximum atomic E-state index is 11.0. The topological polar surface area (TPSA) is 79.3 Å². The van der Waals surface area contributed by atoms with Crippen molar-refractivity contribution in [3.63, 3.8) is 0 Å². The first-order valence-electron chi connectivity index (χ1n) is 9.65. The van der Waals surface area contributed by atoms with E-state index in [-0.39, 0.29) is 11.0 Å². The Hall–Kier alpha value is -1.81. The second kappa shape index (κ2) is 10.8. The molecular formula is C20H30N2O5S2. The fraction of sp³-hybridized carbons (Fsp3) is 0.500. The first-order chi connectivity index (χ1) is 13.8. The zero-order valence-corrected chi connectivity index (χ0v) is 19.0. The summed E-state index contributed by atoms with van der Waals surface area (Å²) in [5.74, 6) is 1.54. The van der Waals surface area contributed by atoms with Gasteiger partial charge in [-0.25, -0.2) is 0 Å². The van der Waals surface area contributed by atoms with Crippen molar-refractivity contribution in [1.29, 1.82) is 0 Å². The van der Waals surface area contributed by atoms with Gasteiger partial charge in [-0.1, -0.05) is 20.8 Å². The molecule has 1 unspecified atom stereocenters. The normalized spacial score (nSPS) is 15.6. The van der Waals surface area contributed by atoms with Crippen LogP contribution in [0.3, 0.4) is 0 Å². The Kier molecular flexibility index (Phi) is 8.76. The average Bonchev–Trinajstić information content (AvgIpc) is 3.17. The molecule has 7 nitrogen and oxygen atoms in total. The summed E-state index contributed by atoms with van der Waals surface area (Å²) in [5, 5.41) is 3.81. The fourth-order valence-corrected chi connectivity index (χ4v) is 4.06. The second-order valence-corrected chi connectivity index (χ2v) is 8.79. The molecule has 9 heteroatoms. The Morgan fingerprint density at radius 2 is 1.66 bits per heavy atom. The van der Waals surface area contributed by atoms with E-state index in [0.717, 1.165) is 17.2 Å². The van der Waals surface area contributed by atoms with Gasteiger partial charge in [0, 0.05) is 23.5 Å². The van der Waals surface area contributed by atoms with Crippen molar-refractivity contribution in [1.82, 2.24) is 4.90 Å². The van der Waals surface area contributed by atoms with E-state index < -0.39 is 10.1 Å². The molecule has 0 bridgehead atoms. The van der Waals surface area contributed by atoms with Crippen LogP contribution in [0.15, 0.2) is 39.9 Å². The van der Waals surface area contributed by atoms with Crippen LogP contribution in [-0.2, 0) is 10.1 Å². The van der Waals surface area contributed by atoms with E-state index in [2.05, 4.69) is 25.7 Å². The van der Waals surface area contributed by atoms with Crippen molar-refractivity contribution < 1.29 is 22.4 Å². The van der Waals surface area contributed by atoms with Gasteiger partial charge in [0.25, 0.3) is 10.1 Å². The zero-order valence-electron chi connectivity index (χ0n) is 17.4. The number of hydrogen-bond acceptors (Lipinski definition) is 7. The summed E-state index contributed by atoms with van der Waals surface area (Å²) in [5.41, 5.74) is 0.826. The summed E-state index contributed by atoms with van der Waals surface area (Å²) in [7, 11) is -2.28. The predicted molar refractivity (Wildman–Crippen MR) is 117 cm³/mol. The maximum absolute atomic E-state index is 11.0. The van der Waals surface area contributed by atoms with Gasteiger partial charge in [-0.15, -0.1) is 11.3 Å². The van der Waals surface area contributed by atoms with Gasteiger partial charge in [0.05, 0.1) is 11.4 Å². The van der Waals surface area contributed by atoms with Crippen LogP contribution in [0.25, 0.3) is 0 Å². The van der Waals surface area contributed by atoms with Crippen LogP contribution in [0, 0.1) is 0 Å². The molecule has 29 heavy (non-hydrogen) atoms. The third-order valence-corrected chi connectivity index (χ3v) is 6.27. The van der Waals surface area contributed by atoms with E-state index in [1.807, 2.05) is 22.7 Å². The van der Waals surface area contributed by atoms with Crippen molar-refractivity contribution in [3.8, 4) is 11.5 Å². The van der Waals surface area contributed by atoms with Gasteiger partial charge < -0.3 is 19.3 Å². The van der Waals surface area contributed by atoms with Gasteiger partial charge in [-0.05, 0) is 43.9 Å². The lowest BCUT2D eigenvalue weighted by Gasteiger charge is -2.29. The molecule has 1 aromatic carbocycles. The smallest absolute Gasteiger partial charge is 0.294 e. The van der Waals surface area contributed by atoms with Gasteiger partial charge >= 0.3 is 0 Å². The van der Waals surface area contributed by atoms with Crippen LogP contribution in [0.5, 0.6) is 11.5 Å². The molecule has 0 amide bonds. The van der Waals surface area contributed by atoms with Crippen LogP contribution in [0.2, 0.25) is 0 Å². The number of ether oxygens (including phenoxy) is 2. The van der Waals surface area contributed by atoms with Crippen molar-refractivity contribution in [2.45, 2.75) is 31.8 Å². The number of benzene rings is 1. The number of likely N-dealkylation sites (N-methyl/N-ethyl adjacent to an activating group) is 1. The number of rotatable bonds is 7. The first-order valence-corrected chi connectivity index (χ1v) is 12.0. The minimum atomic E-state index is -4.16. The highest BCUT2D eigenvalue weighted by atomic mass is 32.2. The number of anilines is 1. The minimum absolute atomic E-state index is 0.103. The van der Waals surface area contributed by atoms with Crippen LogP contribution in [0.4, 0.5) is 5.69 Å². The van der Waals surface area contributed by atoms with E-state index in [1.165, 1.54) is 43.1 Å². The Morgan fingerprint density at radius 1 is 1.07 bits per heavy atom. The van der Waals surface area contributed by atoms with Crippen molar-refractivity contribution in [2.75, 3.05) is 44.7 Å². The van der Waals surface area contributed by atoms with E-state index in [9.17, 15) is 8.42 Å². The van der Waals surface area contributed by atoms with Crippen molar-refractivity contribution in [2.24, 2.45) is 0 Å². The Balaban J connectivity index is 0.000000370. The largest absolute Gasteiger partial charge is 0.485 e. The summed E-state index contributed by atoms with van der Waals surface area (Å²) in [6.45, 7) is 11.2. The second-order valence-electron chi connectivity index (χ2n) is 6.62. The van der Waals surface area contributed by atoms with Crippen molar-refractivity contribution in [3.05, 3.63) is 35.0 Å². The molecule has 0 aliphatic carbocycles. The molecule has 1 aromatic heterocycles. The fourth-order valence-electron chi connectivity index (χ4n) is 2.91. The molecule has 0 saturated heterocycles. The molecule has 1 aliphatic heterocycles. The molecule has 0 saturated carbocycles. The lowest BCUT2D eigenvalue weighted by molar-refractivity contribution is 0.0975. The highest BCUT2D eigenvalue weighted by Gasteiger charge is 2.23. The molecular weight excluding hydrogens is 412 g/mol. The van der Waals surface area contributed by atoms with Gasteiger partial charge in [-0.2, -0.15) is 8.42 Å². The van der Waals surface area contributed by atoms with Crippen LogP contribution >= 0.6 is 11.3 Å². The number of fused-ring (bicyclic) bond motifs is 1. The Morgan fingerprint density at radius 3 is 2.17 bits per heavy atom. The Bertz CT molecular complexity index is 843. The van der Waals surface area contributed by atoms with Crippen LogP contribution in [-0.4, -0.2) is 63.8 Å². The van der Waals surface area contributed by atoms with E-state index >= 15 is 0 Å². The molecule has 3 rings (SSSR count). The number of thiophene rings is 1. The minimum Gasteiger partial charge on any atom is -0.485 e. The molecule has 1 aliphatic rings. The third kappa shape index (κ3) is 6.88. The van der Waals surface area contributed by atoms with Crippen LogP contribution < -0.4 is 14.4 Å². The molecule has 162 valence electrons. The van der Waals surface area contributed by atoms with E-state index in [1.54, 1.807) is 12.1 Å². The summed E-state index contributed by atoms with van der Waals surface area (Å²) in [4.78, 5) is 4.20. The number of hydrogen-bond donors (Lipinski definition) is 1. The van der Waals surface area contributed by atoms with Gasteiger partial charge in [0.1, 0.15) is 6.61 Å². The maximum Gasteiger partial charge on any atom is 0.294 e. The summed E-state index contributed by atoms with van der Waals surface area (Å²) in [6, 6.07) is 6.03. The van der Waals surface area contributed by atoms with Gasteiger partial charge in [0.15, 0.2) is 17.6 Å². The SMILES string of the molecule is CCN(CC)CC.CN(CC1COc2cscc2O1)c1ccc(S(=O)(=O)O)cc1. The first kappa shape index (κ1) is 23.5. The van der Waals surface area contributed by atoms with E-state index in [4.69, 9.17) is 14.0 Å². The molecule has 1 atom stereocenters. The standard InChI is InChI=1S/C14H15NO5S2.C6H15N/c1-15(10-2-4-12(5-3-10)22(16,17)18)6-11-7-19-13-8-21-9-14(13)20-11;1-4-7(5-2)6-3/h2-5,8-9,11H,6-7H2,1H3,(H,16,17,18);4-6H2,1-3H3. The molecule has 0 radical (unpaired) electrons. The lowest BCUT2D eigenvalue weighted by Crippen LogP contribution is -2.39. The lowest BCUT2D eigenvalue weighted by atomic mass is 10.2. The van der Waals surface area contributed by atoms with Gasteiger partial charge in [-0.3, -0.25) is 4.55 Å². The quantitative estimate of drug-likeness (QED) is 0.656. The molecule has 1 N–H and O–H groups in total. The Labute approximate surface area is 177 Å². The third-order valence-electron chi connectivity index (χ3n) is 4.71. The van der Waals surface area contributed by atoms with Gasteiger partial charge in [0.2, 0.25) is 0 Å². The predicted octanol–water partition coefficient (Wildman–Crippen LogP) is 3.62. The summed E-state index contributed by atoms with van der Waals surface area (Å²) < 4.78 is 42.5. The highest BCUT2D eigenvalue weighted by Crippen LogP contribution is 2.35. The van der Waals surface area contributed by atoms with Crippen LogP contribution in [0.1, 0.15) is 20.8 Å². The molecule has 0 spiro atoms. The molecule has 2 heterocycles. The monoisotopic (exact) mass is 442 g/mol. The summed E-state index contributed by atoms with van der Waals surface area (Å²) >= 11 is 1.53. The average molecular weight is 443 g/mol. The summed E-state index contributed by atoms with van der Waals surface area (Å²) in [6.07, 6.45) is -0.103. The molecule has 2 aromatic rings.